The third kappa shape index (κ3) is 3.49. The van der Waals surface area contributed by atoms with Gasteiger partial charge in [0.25, 0.3) is 0 Å². The molecule has 0 aliphatic carbocycles. The maximum Gasteiger partial charge on any atom is 0.312 e. The molecular formula is C14H26N4O2. The van der Waals surface area contributed by atoms with Gasteiger partial charge in [-0.2, -0.15) is 0 Å². The average molecular weight is 282 g/mol. The lowest BCUT2D eigenvalue weighted by Crippen LogP contribution is -2.54. The smallest absolute Gasteiger partial charge is 0.312 e. The zero-order valence-electron chi connectivity index (χ0n) is 12.6. The average Bonchev–Trinajstić information content (AvgIpc) is 2.67. The minimum Gasteiger partial charge on any atom is -0.332 e. The molecule has 2 heterocycles. The second kappa shape index (κ2) is 7.04. The zero-order chi connectivity index (χ0) is 14.5. The van der Waals surface area contributed by atoms with Crippen LogP contribution in [0, 0.1) is 0 Å². The molecule has 2 aliphatic rings. The molecule has 0 aromatic carbocycles. The number of nitrogens with zero attached hydrogens (tertiary/aromatic N) is 3. The van der Waals surface area contributed by atoms with Crippen LogP contribution in [0.3, 0.4) is 0 Å². The Kier molecular flexibility index (Phi) is 5.37. The maximum atomic E-state index is 12.5. The fourth-order valence-electron chi connectivity index (χ4n) is 2.99. The van der Waals surface area contributed by atoms with Crippen LogP contribution in [-0.4, -0.2) is 85.4 Å². The number of hydrogen-bond acceptors (Lipinski definition) is 4. The molecule has 0 bridgehead atoms. The van der Waals surface area contributed by atoms with Gasteiger partial charge in [-0.1, -0.05) is 6.92 Å². The minimum atomic E-state index is -0.325. The summed E-state index contributed by atoms with van der Waals surface area (Å²) in [6.45, 7) is 7.44. The molecule has 0 spiro atoms. The zero-order valence-corrected chi connectivity index (χ0v) is 12.6. The highest BCUT2D eigenvalue weighted by molar-refractivity contribution is 6.35. The topological polar surface area (TPSA) is 55.9 Å². The first-order chi connectivity index (χ1) is 9.63. The summed E-state index contributed by atoms with van der Waals surface area (Å²) >= 11 is 0. The van der Waals surface area contributed by atoms with Crippen LogP contribution in [0.15, 0.2) is 0 Å². The molecule has 0 radical (unpaired) electrons. The van der Waals surface area contributed by atoms with Crippen molar-refractivity contribution in [3.8, 4) is 0 Å². The van der Waals surface area contributed by atoms with Crippen molar-refractivity contribution in [2.75, 3.05) is 52.9 Å². The van der Waals surface area contributed by atoms with Crippen LogP contribution in [0.1, 0.15) is 19.8 Å². The standard InChI is InChI=1S/C14H26N4O2/c1-3-12-11-16(2)7-4-8-18(12)14(20)13(19)17-9-5-15-6-10-17/h12,15H,3-11H2,1-2H3. The van der Waals surface area contributed by atoms with Crippen LogP contribution in [0.25, 0.3) is 0 Å². The molecule has 2 fully saturated rings. The fourth-order valence-corrected chi connectivity index (χ4v) is 2.99. The second-order valence-corrected chi connectivity index (χ2v) is 5.72. The van der Waals surface area contributed by atoms with E-state index in [1.807, 2.05) is 0 Å². The van der Waals surface area contributed by atoms with Crippen molar-refractivity contribution in [3.63, 3.8) is 0 Å². The Hall–Kier alpha value is -1.14. The largest absolute Gasteiger partial charge is 0.332 e. The van der Waals surface area contributed by atoms with Gasteiger partial charge < -0.3 is 20.0 Å². The summed E-state index contributed by atoms with van der Waals surface area (Å²) in [6.07, 6.45) is 1.83. The summed E-state index contributed by atoms with van der Waals surface area (Å²) in [5.74, 6) is -0.636. The molecular weight excluding hydrogens is 256 g/mol. The summed E-state index contributed by atoms with van der Waals surface area (Å²) in [5, 5.41) is 3.20. The molecule has 2 aliphatic heterocycles. The van der Waals surface area contributed by atoms with E-state index < -0.39 is 0 Å². The van der Waals surface area contributed by atoms with Gasteiger partial charge in [0.15, 0.2) is 0 Å². The molecule has 20 heavy (non-hydrogen) atoms. The van der Waals surface area contributed by atoms with Gasteiger partial charge in [0, 0.05) is 45.3 Å². The third-order valence-electron chi connectivity index (χ3n) is 4.22. The molecule has 0 aromatic heterocycles. The number of carbonyl (C=O) groups excluding carboxylic acids is 2. The number of carbonyl (C=O) groups is 2. The molecule has 0 aromatic rings. The van der Waals surface area contributed by atoms with Gasteiger partial charge in [0.2, 0.25) is 0 Å². The van der Waals surface area contributed by atoms with Crippen molar-refractivity contribution in [2.45, 2.75) is 25.8 Å². The molecule has 0 saturated carbocycles. The number of hydrogen-bond donors (Lipinski definition) is 1. The second-order valence-electron chi connectivity index (χ2n) is 5.72. The SMILES string of the molecule is CCC1CN(C)CCCN1C(=O)C(=O)N1CCNCC1. The maximum absolute atomic E-state index is 12.5. The van der Waals surface area contributed by atoms with Crippen molar-refractivity contribution in [1.29, 1.82) is 0 Å². The quantitative estimate of drug-likeness (QED) is 0.650. The van der Waals surface area contributed by atoms with Crippen LogP contribution in [0.2, 0.25) is 0 Å². The minimum absolute atomic E-state index is 0.155. The summed E-state index contributed by atoms with van der Waals surface area (Å²) < 4.78 is 0. The van der Waals surface area contributed by atoms with Gasteiger partial charge in [-0.05, 0) is 26.4 Å². The molecule has 1 unspecified atom stereocenters. The molecule has 1 N–H and O–H groups in total. The molecule has 114 valence electrons. The number of rotatable bonds is 1. The van der Waals surface area contributed by atoms with Crippen LogP contribution in [0.4, 0.5) is 0 Å². The van der Waals surface area contributed by atoms with Crippen LogP contribution in [0.5, 0.6) is 0 Å². The summed E-state index contributed by atoms with van der Waals surface area (Å²) in [7, 11) is 2.08. The highest BCUT2D eigenvalue weighted by atomic mass is 16.2. The van der Waals surface area contributed by atoms with E-state index in [9.17, 15) is 9.59 Å². The Morgan fingerprint density at radius 2 is 1.80 bits per heavy atom. The Bertz CT molecular complexity index is 355. The van der Waals surface area contributed by atoms with Crippen LogP contribution in [-0.2, 0) is 9.59 Å². The molecule has 6 heteroatoms. The Balaban J connectivity index is 2.03. The summed E-state index contributed by atoms with van der Waals surface area (Å²) in [6, 6.07) is 0.155. The molecule has 2 saturated heterocycles. The fraction of sp³-hybridized carbons (Fsp3) is 0.857. The van der Waals surface area contributed by atoms with E-state index >= 15 is 0 Å². The molecule has 6 nitrogen and oxygen atoms in total. The monoisotopic (exact) mass is 282 g/mol. The summed E-state index contributed by atoms with van der Waals surface area (Å²) in [4.78, 5) is 30.6. The van der Waals surface area contributed by atoms with Gasteiger partial charge in [-0.15, -0.1) is 0 Å². The van der Waals surface area contributed by atoms with E-state index in [-0.39, 0.29) is 17.9 Å². The molecule has 1 atom stereocenters. The van der Waals surface area contributed by atoms with Crippen LogP contribution < -0.4 is 5.32 Å². The molecule has 2 rings (SSSR count). The van der Waals surface area contributed by atoms with Crippen LogP contribution >= 0.6 is 0 Å². The number of piperazine rings is 1. The molecule has 2 amide bonds. The first kappa shape index (κ1) is 15.3. The number of amides is 2. The third-order valence-corrected chi connectivity index (χ3v) is 4.22. The van der Waals surface area contributed by atoms with Gasteiger partial charge in [0.05, 0.1) is 0 Å². The number of likely N-dealkylation sites (N-methyl/N-ethyl adjacent to an activating group) is 1. The van der Waals surface area contributed by atoms with E-state index in [1.165, 1.54) is 0 Å². The van der Waals surface area contributed by atoms with E-state index in [4.69, 9.17) is 0 Å². The first-order valence-electron chi connectivity index (χ1n) is 7.62. The van der Waals surface area contributed by atoms with E-state index in [0.29, 0.717) is 19.6 Å². The van der Waals surface area contributed by atoms with Gasteiger partial charge in [-0.3, -0.25) is 9.59 Å². The predicted molar refractivity (Wildman–Crippen MR) is 77.4 cm³/mol. The van der Waals surface area contributed by atoms with E-state index in [0.717, 1.165) is 39.0 Å². The Morgan fingerprint density at radius 1 is 1.10 bits per heavy atom. The van der Waals surface area contributed by atoms with E-state index in [1.54, 1.807) is 9.80 Å². The summed E-state index contributed by atoms with van der Waals surface area (Å²) in [5.41, 5.74) is 0. The first-order valence-corrected chi connectivity index (χ1v) is 7.62. The lowest BCUT2D eigenvalue weighted by Gasteiger charge is -2.33. The van der Waals surface area contributed by atoms with Crippen molar-refractivity contribution in [2.24, 2.45) is 0 Å². The van der Waals surface area contributed by atoms with E-state index in [2.05, 4.69) is 24.2 Å². The Morgan fingerprint density at radius 3 is 2.45 bits per heavy atom. The van der Waals surface area contributed by atoms with Gasteiger partial charge >= 0.3 is 11.8 Å². The van der Waals surface area contributed by atoms with Crippen molar-refractivity contribution < 1.29 is 9.59 Å². The predicted octanol–water partition coefficient (Wildman–Crippen LogP) is -0.639. The normalized spacial score (nSPS) is 25.4. The highest BCUT2D eigenvalue weighted by Crippen LogP contribution is 2.13. The van der Waals surface area contributed by atoms with Crippen molar-refractivity contribution in [3.05, 3.63) is 0 Å². The lowest BCUT2D eigenvalue weighted by atomic mass is 10.1. The van der Waals surface area contributed by atoms with Crippen molar-refractivity contribution in [1.82, 2.24) is 20.0 Å². The lowest BCUT2D eigenvalue weighted by molar-refractivity contribution is -0.153. The van der Waals surface area contributed by atoms with Gasteiger partial charge in [0.1, 0.15) is 0 Å². The number of nitrogens with one attached hydrogen (secondary N) is 1. The van der Waals surface area contributed by atoms with Gasteiger partial charge in [-0.25, -0.2) is 0 Å². The Labute approximate surface area is 121 Å². The highest BCUT2D eigenvalue weighted by Gasteiger charge is 2.32. The van der Waals surface area contributed by atoms with Crippen molar-refractivity contribution >= 4 is 11.8 Å².